The molecule has 16 heavy (non-hydrogen) atoms. The molecule has 0 radical (unpaired) electrons. The van der Waals surface area contributed by atoms with E-state index in [1.54, 1.807) is 0 Å². The van der Waals surface area contributed by atoms with Crippen molar-refractivity contribution in [1.82, 2.24) is 15.6 Å². The number of amides is 1. The van der Waals surface area contributed by atoms with Crippen LogP contribution in [0.1, 0.15) is 27.3 Å². The van der Waals surface area contributed by atoms with Crippen molar-refractivity contribution < 1.29 is 4.79 Å². The summed E-state index contributed by atoms with van der Waals surface area (Å²) in [6.45, 7) is 5.35. The Balaban J connectivity index is 0.00000225. The van der Waals surface area contributed by atoms with Crippen LogP contribution in [-0.2, 0) is 6.42 Å². The second kappa shape index (κ2) is 7.60. The van der Waals surface area contributed by atoms with Crippen LogP contribution in [0.2, 0.25) is 0 Å². The van der Waals surface area contributed by atoms with E-state index in [0.29, 0.717) is 6.54 Å². The zero-order chi connectivity index (χ0) is 11.3. The summed E-state index contributed by atoms with van der Waals surface area (Å²) in [7, 11) is 1.86. The van der Waals surface area contributed by atoms with Crippen molar-refractivity contribution in [3.8, 4) is 0 Å². The van der Waals surface area contributed by atoms with E-state index in [0.717, 1.165) is 28.5 Å². The van der Waals surface area contributed by atoms with E-state index in [4.69, 9.17) is 0 Å². The number of likely N-dealkylation sites (N-methyl/N-ethyl adjacent to an activating group) is 1. The lowest BCUT2D eigenvalue weighted by atomic mass is 10.3. The van der Waals surface area contributed by atoms with Crippen molar-refractivity contribution in [2.45, 2.75) is 20.3 Å². The number of nitrogens with one attached hydrogen (secondary N) is 2. The van der Waals surface area contributed by atoms with Gasteiger partial charge in [0, 0.05) is 13.1 Å². The van der Waals surface area contributed by atoms with Crippen LogP contribution in [0, 0.1) is 6.92 Å². The van der Waals surface area contributed by atoms with Gasteiger partial charge in [-0.05, 0) is 20.4 Å². The molecule has 0 fully saturated rings. The zero-order valence-electron chi connectivity index (χ0n) is 9.79. The molecule has 0 saturated carbocycles. The van der Waals surface area contributed by atoms with Crippen molar-refractivity contribution in [3.05, 3.63) is 15.6 Å². The predicted molar refractivity (Wildman–Crippen MR) is 69.7 cm³/mol. The van der Waals surface area contributed by atoms with Crippen LogP contribution < -0.4 is 10.6 Å². The van der Waals surface area contributed by atoms with Crippen molar-refractivity contribution in [3.63, 3.8) is 0 Å². The van der Waals surface area contributed by atoms with E-state index in [2.05, 4.69) is 15.6 Å². The lowest BCUT2D eigenvalue weighted by Gasteiger charge is -2.02. The first-order chi connectivity index (χ1) is 7.19. The van der Waals surface area contributed by atoms with Crippen LogP contribution in [0.4, 0.5) is 0 Å². The van der Waals surface area contributed by atoms with Crippen molar-refractivity contribution in [2.24, 2.45) is 0 Å². The van der Waals surface area contributed by atoms with Gasteiger partial charge in [-0.1, -0.05) is 6.92 Å². The number of aryl methyl sites for hydroxylation is 2. The van der Waals surface area contributed by atoms with Crippen LogP contribution in [0.15, 0.2) is 0 Å². The van der Waals surface area contributed by atoms with E-state index in [-0.39, 0.29) is 18.3 Å². The molecule has 1 aromatic heterocycles. The van der Waals surface area contributed by atoms with Crippen LogP contribution in [-0.4, -0.2) is 31.0 Å². The summed E-state index contributed by atoms with van der Waals surface area (Å²) in [6, 6.07) is 0. The van der Waals surface area contributed by atoms with Crippen molar-refractivity contribution in [1.29, 1.82) is 0 Å². The average molecular weight is 264 g/mol. The van der Waals surface area contributed by atoms with Crippen molar-refractivity contribution >= 4 is 29.7 Å². The Kier molecular flexibility index (Phi) is 7.29. The van der Waals surface area contributed by atoms with Gasteiger partial charge >= 0.3 is 0 Å². The zero-order valence-corrected chi connectivity index (χ0v) is 11.4. The average Bonchev–Trinajstić information content (AvgIpc) is 2.60. The van der Waals surface area contributed by atoms with Gasteiger partial charge in [-0.3, -0.25) is 4.79 Å². The van der Waals surface area contributed by atoms with Crippen LogP contribution in [0.5, 0.6) is 0 Å². The van der Waals surface area contributed by atoms with Crippen LogP contribution in [0.3, 0.4) is 0 Å². The molecule has 1 heterocycles. The molecule has 0 saturated heterocycles. The van der Waals surface area contributed by atoms with Gasteiger partial charge in [-0.25, -0.2) is 4.98 Å². The number of hydrogen-bond donors (Lipinski definition) is 2. The summed E-state index contributed by atoms with van der Waals surface area (Å²) >= 11 is 1.48. The fraction of sp³-hybridized carbons (Fsp3) is 0.600. The van der Waals surface area contributed by atoms with E-state index in [1.165, 1.54) is 11.3 Å². The molecule has 0 spiro atoms. The smallest absolute Gasteiger partial charge is 0.263 e. The molecule has 0 aliphatic carbocycles. The van der Waals surface area contributed by atoms with E-state index >= 15 is 0 Å². The molecule has 0 atom stereocenters. The number of carbonyl (C=O) groups excluding carboxylic acids is 1. The molecule has 1 rings (SSSR count). The third-order valence-corrected chi connectivity index (χ3v) is 3.31. The quantitative estimate of drug-likeness (QED) is 0.790. The summed E-state index contributed by atoms with van der Waals surface area (Å²) in [5, 5.41) is 6.85. The van der Waals surface area contributed by atoms with Gasteiger partial charge < -0.3 is 10.6 Å². The van der Waals surface area contributed by atoms with Gasteiger partial charge in [0.1, 0.15) is 4.88 Å². The maximum absolute atomic E-state index is 11.7. The number of aromatic nitrogens is 1. The maximum Gasteiger partial charge on any atom is 0.263 e. The molecule has 4 nitrogen and oxygen atoms in total. The Morgan fingerprint density at radius 2 is 2.12 bits per heavy atom. The highest BCUT2D eigenvalue weighted by Gasteiger charge is 2.13. The highest BCUT2D eigenvalue weighted by molar-refractivity contribution is 7.13. The molecule has 92 valence electrons. The largest absolute Gasteiger partial charge is 0.350 e. The lowest BCUT2D eigenvalue weighted by Crippen LogP contribution is -2.30. The molecule has 6 heteroatoms. The fourth-order valence-corrected chi connectivity index (χ4v) is 2.12. The molecule has 0 bridgehead atoms. The topological polar surface area (TPSA) is 54.0 Å². The second-order valence-electron chi connectivity index (χ2n) is 3.24. The number of nitrogens with zero attached hydrogens (tertiary/aromatic N) is 1. The third-order valence-electron chi connectivity index (χ3n) is 2.01. The molecule has 1 amide bonds. The molecule has 0 aromatic carbocycles. The molecule has 0 unspecified atom stereocenters. The first-order valence-electron chi connectivity index (χ1n) is 5.08. The van der Waals surface area contributed by atoms with E-state index in [1.807, 2.05) is 20.9 Å². The minimum Gasteiger partial charge on any atom is -0.350 e. The SMILES string of the molecule is CCc1nc(C)c(C(=O)NCCNC)s1.Cl. The Hall–Kier alpha value is -0.650. The first-order valence-corrected chi connectivity index (χ1v) is 5.89. The second-order valence-corrected chi connectivity index (χ2v) is 4.32. The number of rotatable bonds is 5. The molecule has 2 N–H and O–H groups in total. The van der Waals surface area contributed by atoms with Gasteiger partial charge in [-0.15, -0.1) is 23.7 Å². The van der Waals surface area contributed by atoms with Gasteiger partial charge in [0.15, 0.2) is 0 Å². The first kappa shape index (κ1) is 15.3. The molecular formula is C10H18ClN3OS. The fourth-order valence-electron chi connectivity index (χ4n) is 1.20. The Labute approximate surface area is 106 Å². The minimum absolute atomic E-state index is 0. The summed E-state index contributed by atoms with van der Waals surface area (Å²) in [5.41, 5.74) is 0.832. The Morgan fingerprint density at radius 1 is 1.44 bits per heavy atom. The third kappa shape index (κ3) is 4.08. The normalized spacial score (nSPS) is 9.69. The highest BCUT2D eigenvalue weighted by atomic mass is 35.5. The van der Waals surface area contributed by atoms with Gasteiger partial charge in [0.05, 0.1) is 10.7 Å². The lowest BCUT2D eigenvalue weighted by molar-refractivity contribution is 0.0957. The summed E-state index contributed by atoms with van der Waals surface area (Å²) in [5.74, 6) is -0.0139. The molecule has 1 aromatic rings. The minimum atomic E-state index is -0.0139. The van der Waals surface area contributed by atoms with E-state index in [9.17, 15) is 4.79 Å². The number of carbonyl (C=O) groups is 1. The number of hydrogen-bond acceptors (Lipinski definition) is 4. The van der Waals surface area contributed by atoms with E-state index < -0.39 is 0 Å². The maximum atomic E-state index is 11.7. The highest BCUT2D eigenvalue weighted by Crippen LogP contribution is 2.17. The molecule has 0 aliphatic heterocycles. The van der Waals surface area contributed by atoms with Crippen molar-refractivity contribution in [2.75, 3.05) is 20.1 Å². The Bertz CT molecular complexity index is 341. The molecular weight excluding hydrogens is 246 g/mol. The van der Waals surface area contributed by atoms with Crippen LogP contribution >= 0.6 is 23.7 Å². The number of thiazole rings is 1. The summed E-state index contributed by atoms with van der Waals surface area (Å²) in [6.07, 6.45) is 0.884. The predicted octanol–water partition coefficient (Wildman–Crippen LogP) is 1.38. The standard InChI is InChI=1S/C10H17N3OS.ClH/c1-4-8-13-7(2)9(15-8)10(14)12-6-5-11-3;/h11H,4-6H2,1-3H3,(H,12,14);1H. The molecule has 0 aliphatic rings. The van der Waals surface area contributed by atoms with Gasteiger partial charge in [0.25, 0.3) is 5.91 Å². The number of halogens is 1. The summed E-state index contributed by atoms with van der Waals surface area (Å²) in [4.78, 5) is 16.8. The van der Waals surface area contributed by atoms with Crippen LogP contribution in [0.25, 0.3) is 0 Å². The summed E-state index contributed by atoms with van der Waals surface area (Å²) < 4.78 is 0. The van der Waals surface area contributed by atoms with Gasteiger partial charge in [-0.2, -0.15) is 0 Å². The van der Waals surface area contributed by atoms with Gasteiger partial charge in [0.2, 0.25) is 0 Å². The Morgan fingerprint density at radius 3 is 2.62 bits per heavy atom. The monoisotopic (exact) mass is 263 g/mol.